The first kappa shape index (κ1) is 11.9. The molecule has 0 amide bonds. The van der Waals surface area contributed by atoms with Crippen molar-refractivity contribution in [3.05, 3.63) is 16.7 Å². The second-order valence-corrected chi connectivity index (χ2v) is 4.01. The smallest absolute Gasteiger partial charge is 0.303 e. The van der Waals surface area contributed by atoms with Crippen LogP contribution < -0.4 is 9.47 Å². The molecular weight excluding hydrogens is 248 g/mol. The molecule has 0 saturated carbocycles. The van der Waals surface area contributed by atoms with E-state index in [-0.39, 0.29) is 23.6 Å². The number of aromatic hydroxyl groups is 1. The van der Waals surface area contributed by atoms with Crippen molar-refractivity contribution in [3.8, 4) is 17.2 Å². The van der Waals surface area contributed by atoms with Gasteiger partial charge in [0.05, 0.1) is 5.02 Å². The predicted molar refractivity (Wildman–Crippen MR) is 60.1 cm³/mol. The minimum absolute atomic E-state index is 0.107. The van der Waals surface area contributed by atoms with Gasteiger partial charge in [0.25, 0.3) is 0 Å². The summed E-state index contributed by atoms with van der Waals surface area (Å²) in [5.41, 5.74) is 0.384. The van der Waals surface area contributed by atoms with Gasteiger partial charge in [0.15, 0.2) is 11.5 Å². The van der Waals surface area contributed by atoms with Crippen LogP contribution in [0.3, 0.4) is 0 Å². The molecule has 17 heavy (non-hydrogen) atoms. The van der Waals surface area contributed by atoms with E-state index in [0.29, 0.717) is 30.3 Å². The van der Waals surface area contributed by atoms with Gasteiger partial charge in [-0.1, -0.05) is 11.6 Å². The number of phenols is 1. The lowest BCUT2D eigenvalue weighted by Gasteiger charge is -2.22. The van der Waals surface area contributed by atoms with Gasteiger partial charge in [-0.2, -0.15) is 0 Å². The molecule has 5 nitrogen and oxygen atoms in total. The molecular formula is C11H11ClO5. The first-order chi connectivity index (χ1) is 8.09. The SMILES string of the molecule is O=C(O)CCc1c(O)c(Cl)cc2c1OCCO2. The molecule has 1 aliphatic heterocycles. The topological polar surface area (TPSA) is 76.0 Å². The molecule has 0 unspecified atom stereocenters. The molecule has 0 radical (unpaired) electrons. The highest BCUT2D eigenvalue weighted by Gasteiger charge is 2.22. The number of benzene rings is 1. The van der Waals surface area contributed by atoms with E-state index < -0.39 is 5.97 Å². The van der Waals surface area contributed by atoms with Gasteiger partial charge in [-0.3, -0.25) is 4.79 Å². The number of aliphatic carboxylic acids is 1. The van der Waals surface area contributed by atoms with E-state index in [4.69, 9.17) is 26.2 Å². The van der Waals surface area contributed by atoms with Crippen molar-refractivity contribution < 1.29 is 24.5 Å². The average Bonchev–Trinajstić information content (AvgIpc) is 2.29. The fourth-order valence-corrected chi connectivity index (χ4v) is 1.89. The van der Waals surface area contributed by atoms with E-state index in [1.54, 1.807) is 0 Å². The second-order valence-electron chi connectivity index (χ2n) is 3.60. The van der Waals surface area contributed by atoms with Gasteiger partial charge < -0.3 is 19.7 Å². The number of phenolic OH excluding ortho intramolecular Hbond substituents is 1. The summed E-state index contributed by atoms with van der Waals surface area (Å²) in [5.74, 6) is -0.258. The van der Waals surface area contributed by atoms with Crippen molar-refractivity contribution in [1.82, 2.24) is 0 Å². The first-order valence-electron chi connectivity index (χ1n) is 5.11. The van der Waals surface area contributed by atoms with Gasteiger partial charge in [-0.05, 0) is 6.42 Å². The fraction of sp³-hybridized carbons (Fsp3) is 0.364. The maximum atomic E-state index is 10.6. The molecule has 92 valence electrons. The Balaban J connectivity index is 2.39. The molecule has 0 aliphatic carbocycles. The van der Waals surface area contributed by atoms with Crippen LogP contribution in [0.15, 0.2) is 6.07 Å². The average molecular weight is 259 g/mol. The molecule has 6 heteroatoms. The Morgan fingerprint density at radius 3 is 2.82 bits per heavy atom. The van der Waals surface area contributed by atoms with Crippen molar-refractivity contribution in [2.75, 3.05) is 13.2 Å². The highest BCUT2D eigenvalue weighted by Crippen LogP contribution is 2.44. The first-order valence-corrected chi connectivity index (χ1v) is 5.49. The molecule has 0 saturated heterocycles. The summed E-state index contributed by atoms with van der Waals surface area (Å²) in [6, 6.07) is 1.47. The summed E-state index contributed by atoms with van der Waals surface area (Å²) in [4.78, 5) is 10.6. The molecule has 2 rings (SSSR count). The Morgan fingerprint density at radius 2 is 2.12 bits per heavy atom. The quantitative estimate of drug-likeness (QED) is 0.865. The molecule has 0 aromatic heterocycles. The van der Waals surface area contributed by atoms with Gasteiger partial charge in [-0.25, -0.2) is 0 Å². The number of carboxylic acids is 1. The number of carboxylic acid groups (broad SMARTS) is 1. The number of halogens is 1. The van der Waals surface area contributed by atoms with Gasteiger partial charge in [0, 0.05) is 18.1 Å². The van der Waals surface area contributed by atoms with E-state index in [9.17, 15) is 9.90 Å². The summed E-state index contributed by atoms with van der Waals surface area (Å²) in [7, 11) is 0. The van der Waals surface area contributed by atoms with Crippen LogP contribution in [-0.4, -0.2) is 29.4 Å². The number of fused-ring (bicyclic) bond motifs is 1. The predicted octanol–water partition coefficient (Wildman–Crippen LogP) is 1.83. The number of hydrogen-bond donors (Lipinski definition) is 2. The molecule has 1 aromatic rings. The minimum atomic E-state index is -0.949. The van der Waals surface area contributed by atoms with E-state index in [1.807, 2.05) is 0 Å². The monoisotopic (exact) mass is 258 g/mol. The van der Waals surface area contributed by atoms with Crippen molar-refractivity contribution in [2.45, 2.75) is 12.8 Å². The lowest BCUT2D eigenvalue weighted by atomic mass is 10.1. The molecule has 1 aromatic carbocycles. The summed E-state index contributed by atoms with van der Waals surface area (Å²) in [5, 5.41) is 18.6. The van der Waals surface area contributed by atoms with Gasteiger partial charge in [0.1, 0.15) is 19.0 Å². The summed E-state index contributed by atoms with van der Waals surface area (Å²) < 4.78 is 10.7. The third-order valence-electron chi connectivity index (χ3n) is 2.44. The number of hydrogen-bond acceptors (Lipinski definition) is 4. The van der Waals surface area contributed by atoms with E-state index in [2.05, 4.69) is 0 Å². The zero-order chi connectivity index (χ0) is 12.4. The molecule has 0 bridgehead atoms. The fourth-order valence-electron chi connectivity index (χ4n) is 1.67. The standard InChI is InChI=1S/C11H11ClO5/c12-7-5-8-11(17-4-3-16-8)6(10(7)15)1-2-9(13)14/h5,15H,1-4H2,(H,13,14). The maximum absolute atomic E-state index is 10.6. The third kappa shape index (κ3) is 2.39. The largest absolute Gasteiger partial charge is 0.506 e. The molecule has 0 fully saturated rings. The van der Waals surface area contributed by atoms with Crippen LogP contribution in [0.1, 0.15) is 12.0 Å². The molecule has 1 aliphatic rings. The van der Waals surface area contributed by atoms with Gasteiger partial charge in [-0.15, -0.1) is 0 Å². The molecule has 0 spiro atoms. The van der Waals surface area contributed by atoms with Crippen molar-refractivity contribution >= 4 is 17.6 Å². The van der Waals surface area contributed by atoms with Crippen molar-refractivity contribution in [1.29, 1.82) is 0 Å². The lowest BCUT2D eigenvalue weighted by Crippen LogP contribution is -2.17. The molecule has 0 atom stereocenters. The summed E-state index contributed by atoms with van der Waals surface area (Å²) >= 11 is 5.83. The Hall–Kier alpha value is -1.62. The van der Waals surface area contributed by atoms with E-state index in [0.717, 1.165) is 0 Å². The van der Waals surface area contributed by atoms with Crippen LogP contribution in [0.5, 0.6) is 17.2 Å². The van der Waals surface area contributed by atoms with Gasteiger partial charge >= 0.3 is 5.97 Å². The van der Waals surface area contributed by atoms with Gasteiger partial charge in [0.2, 0.25) is 0 Å². The normalized spacial score (nSPS) is 13.5. The highest BCUT2D eigenvalue weighted by atomic mass is 35.5. The van der Waals surface area contributed by atoms with Crippen molar-refractivity contribution in [3.63, 3.8) is 0 Å². The third-order valence-corrected chi connectivity index (χ3v) is 2.73. The summed E-state index contributed by atoms with van der Waals surface area (Å²) in [6.07, 6.45) is 0.0388. The second kappa shape index (κ2) is 4.71. The number of carbonyl (C=O) groups is 1. The lowest BCUT2D eigenvalue weighted by molar-refractivity contribution is -0.136. The zero-order valence-electron chi connectivity index (χ0n) is 8.90. The Bertz CT molecular complexity index is 458. The molecule has 1 heterocycles. The highest BCUT2D eigenvalue weighted by molar-refractivity contribution is 6.32. The zero-order valence-corrected chi connectivity index (χ0v) is 9.66. The maximum Gasteiger partial charge on any atom is 0.303 e. The Kier molecular flexibility index (Phi) is 3.28. The van der Waals surface area contributed by atoms with Crippen LogP contribution in [0.25, 0.3) is 0 Å². The van der Waals surface area contributed by atoms with Crippen molar-refractivity contribution in [2.24, 2.45) is 0 Å². The van der Waals surface area contributed by atoms with Crippen LogP contribution >= 0.6 is 11.6 Å². The van der Waals surface area contributed by atoms with Crippen LogP contribution in [0.2, 0.25) is 5.02 Å². The minimum Gasteiger partial charge on any atom is -0.506 e. The Morgan fingerprint density at radius 1 is 1.41 bits per heavy atom. The summed E-state index contributed by atoms with van der Waals surface area (Å²) in [6.45, 7) is 0.778. The van der Waals surface area contributed by atoms with E-state index in [1.165, 1.54) is 6.07 Å². The van der Waals surface area contributed by atoms with Crippen LogP contribution in [0, 0.1) is 0 Å². The van der Waals surface area contributed by atoms with Crippen LogP contribution in [0.4, 0.5) is 0 Å². The van der Waals surface area contributed by atoms with E-state index >= 15 is 0 Å². The number of ether oxygens (including phenoxy) is 2. The molecule has 2 N–H and O–H groups in total. The Labute approximate surface area is 103 Å². The van der Waals surface area contributed by atoms with Crippen LogP contribution in [-0.2, 0) is 11.2 Å². The number of rotatable bonds is 3.